The van der Waals surface area contributed by atoms with E-state index in [9.17, 15) is 19.5 Å². The van der Waals surface area contributed by atoms with E-state index in [1.165, 1.54) is 4.90 Å². The number of ether oxygens (including phenoxy) is 1. The van der Waals surface area contributed by atoms with Gasteiger partial charge >= 0.3 is 0 Å². The number of nitrogens with one attached hydrogen (secondary N) is 2. The number of para-hydroxylation sites is 1. The first-order valence-electron chi connectivity index (χ1n) is 12.5. The predicted molar refractivity (Wildman–Crippen MR) is 144 cm³/mol. The lowest BCUT2D eigenvalue weighted by Crippen LogP contribution is -2.55. The molecule has 0 saturated carbocycles. The van der Waals surface area contributed by atoms with Gasteiger partial charge in [-0.25, -0.2) is 0 Å². The van der Waals surface area contributed by atoms with Crippen LogP contribution in [0.15, 0.2) is 48.5 Å². The molecule has 2 bridgehead atoms. The van der Waals surface area contributed by atoms with Crippen molar-refractivity contribution in [2.45, 2.75) is 36.3 Å². The number of carbonyl (C=O) groups excluding carboxylic acids is 3. The highest BCUT2D eigenvalue weighted by Crippen LogP contribution is 2.68. The van der Waals surface area contributed by atoms with E-state index in [2.05, 4.69) is 10.6 Å². The highest BCUT2D eigenvalue weighted by molar-refractivity contribution is 8.02. The highest BCUT2D eigenvalue weighted by Gasteiger charge is 2.75. The lowest BCUT2D eigenvalue weighted by atomic mass is 9.66. The summed E-state index contributed by atoms with van der Waals surface area (Å²) in [5.74, 6) is -1.36. The Morgan fingerprint density at radius 3 is 2.57 bits per heavy atom. The van der Waals surface area contributed by atoms with Gasteiger partial charge in [0.25, 0.3) is 0 Å². The number of likely N-dealkylation sites (tertiary alicyclic amines) is 1. The summed E-state index contributed by atoms with van der Waals surface area (Å²) in [4.78, 5) is 42.6. The molecule has 0 aliphatic carbocycles. The molecule has 3 N–H and O–H groups in total. The van der Waals surface area contributed by atoms with Crippen LogP contribution in [0.4, 0.5) is 11.4 Å². The van der Waals surface area contributed by atoms with Crippen LogP contribution < -0.4 is 15.4 Å². The number of aliphatic hydroxyl groups excluding tert-OH is 1. The molecule has 0 aromatic heterocycles. The van der Waals surface area contributed by atoms with E-state index >= 15 is 0 Å². The van der Waals surface area contributed by atoms with Crippen molar-refractivity contribution in [1.29, 1.82) is 0 Å². The van der Waals surface area contributed by atoms with Crippen LogP contribution in [0, 0.1) is 17.8 Å². The van der Waals surface area contributed by atoms with Gasteiger partial charge in [-0.2, -0.15) is 0 Å². The van der Waals surface area contributed by atoms with Crippen molar-refractivity contribution in [3.63, 3.8) is 0 Å². The van der Waals surface area contributed by atoms with Gasteiger partial charge in [0.05, 0.1) is 40.5 Å². The Morgan fingerprint density at radius 2 is 1.89 bits per heavy atom. The van der Waals surface area contributed by atoms with E-state index in [0.29, 0.717) is 28.8 Å². The predicted octanol–water partition coefficient (Wildman–Crippen LogP) is 3.65. The van der Waals surface area contributed by atoms with Crippen LogP contribution in [0.25, 0.3) is 0 Å². The molecule has 196 valence electrons. The molecule has 8 nitrogen and oxygen atoms in total. The van der Waals surface area contributed by atoms with Gasteiger partial charge in [0.2, 0.25) is 17.7 Å². The summed E-state index contributed by atoms with van der Waals surface area (Å²) < 4.78 is 4.70. The van der Waals surface area contributed by atoms with Crippen LogP contribution in [-0.4, -0.2) is 63.5 Å². The number of β-amino-alcohol motifs (C(OH)–C–C–N with tert-alkyl or cyclic N) is 1. The first-order valence-corrected chi connectivity index (χ1v) is 13.8. The van der Waals surface area contributed by atoms with Crippen LogP contribution in [0.5, 0.6) is 5.75 Å². The summed E-state index contributed by atoms with van der Waals surface area (Å²) in [5, 5.41) is 15.9. The topological polar surface area (TPSA) is 108 Å². The van der Waals surface area contributed by atoms with Crippen molar-refractivity contribution < 1.29 is 24.2 Å². The van der Waals surface area contributed by atoms with Crippen molar-refractivity contribution in [2.75, 3.05) is 30.4 Å². The van der Waals surface area contributed by atoms with Crippen LogP contribution in [0.3, 0.4) is 0 Å². The van der Waals surface area contributed by atoms with Crippen molar-refractivity contribution in [1.82, 2.24) is 4.90 Å². The number of benzene rings is 2. The molecule has 0 radical (unpaired) electrons. The number of carbonyl (C=O) groups is 3. The molecule has 3 heterocycles. The summed E-state index contributed by atoms with van der Waals surface area (Å²) >= 11 is 7.87. The number of rotatable bonds is 8. The zero-order valence-electron chi connectivity index (χ0n) is 20.6. The number of hydrogen-bond donors (Lipinski definition) is 3. The van der Waals surface area contributed by atoms with Crippen molar-refractivity contribution in [2.24, 2.45) is 17.8 Å². The standard InChI is InChI=1S/C27H30ClN3O5S/c1-3-36-17-10-8-16(9-11-17)29-24(33)21-20-14-15(2)27(37-20)22(21)26(35)31(12-13-32)23(27)25(34)30-19-7-5-4-6-18(19)28/h4-11,15,20-23,32H,3,12-14H2,1-2H3,(H,29,33)(H,30,34)/t15?,20-,21+,22+,23?,27?/m1/s1. The van der Waals surface area contributed by atoms with E-state index in [1.807, 2.05) is 13.8 Å². The normalized spacial score (nSPS) is 29.8. The largest absolute Gasteiger partial charge is 0.494 e. The number of amides is 3. The number of anilines is 2. The van der Waals surface area contributed by atoms with Gasteiger partial charge in [0.1, 0.15) is 11.8 Å². The molecule has 10 heteroatoms. The minimum Gasteiger partial charge on any atom is -0.494 e. The second-order valence-corrected chi connectivity index (χ2v) is 11.7. The summed E-state index contributed by atoms with van der Waals surface area (Å²) in [6.07, 6.45) is 0.721. The lowest BCUT2D eigenvalue weighted by molar-refractivity contribution is -0.138. The average Bonchev–Trinajstić information content (AvgIpc) is 3.46. The monoisotopic (exact) mass is 543 g/mol. The van der Waals surface area contributed by atoms with Crippen molar-refractivity contribution >= 4 is 52.5 Å². The molecule has 3 aliphatic heterocycles. The molecule has 3 saturated heterocycles. The summed E-state index contributed by atoms with van der Waals surface area (Å²) in [6, 6.07) is 13.2. The molecule has 1 spiro atoms. The quantitative estimate of drug-likeness (QED) is 0.469. The maximum atomic E-state index is 13.8. The maximum absolute atomic E-state index is 13.8. The number of hydrogen-bond acceptors (Lipinski definition) is 6. The van der Waals surface area contributed by atoms with Gasteiger partial charge < -0.3 is 25.4 Å². The molecule has 2 aromatic rings. The van der Waals surface area contributed by atoms with E-state index in [4.69, 9.17) is 16.3 Å². The van der Waals surface area contributed by atoms with Crippen molar-refractivity contribution in [3.05, 3.63) is 53.6 Å². The Balaban J connectivity index is 1.44. The third-order valence-corrected chi connectivity index (χ3v) is 10.1. The summed E-state index contributed by atoms with van der Waals surface area (Å²) in [6.45, 7) is 4.23. The number of thioether (sulfide) groups is 1. The number of aliphatic hydroxyl groups is 1. The number of halogens is 1. The molecular weight excluding hydrogens is 514 g/mol. The first-order chi connectivity index (χ1) is 17.8. The molecule has 37 heavy (non-hydrogen) atoms. The van der Waals surface area contributed by atoms with E-state index in [-0.39, 0.29) is 42.0 Å². The molecule has 2 aromatic carbocycles. The molecule has 3 amide bonds. The zero-order chi connectivity index (χ0) is 26.3. The van der Waals surface area contributed by atoms with Crippen LogP contribution in [0.1, 0.15) is 20.3 Å². The smallest absolute Gasteiger partial charge is 0.248 e. The van der Waals surface area contributed by atoms with Crippen LogP contribution >= 0.6 is 23.4 Å². The second kappa shape index (κ2) is 10.2. The minimum absolute atomic E-state index is 0.0167. The Labute approximate surface area is 225 Å². The SMILES string of the molecule is CCOc1ccc(NC(=O)[C@@H]2[C@H]3C(=O)N(CCO)C(C(=O)Nc4ccccc4Cl)C34S[C@@H]2CC4C)cc1. The van der Waals surface area contributed by atoms with Gasteiger partial charge in [0, 0.05) is 17.5 Å². The Kier molecular flexibility index (Phi) is 7.13. The van der Waals surface area contributed by atoms with E-state index < -0.39 is 22.6 Å². The molecule has 6 atom stereocenters. The third kappa shape index (κ3) is 4.27. The van der Waals surface area contributed by atoms with Crippen molar-refractivity contribution in [3.8, 4) is 5.75 Å². The third-order valence-electron chi connectivity index (χ3n) is 7.70. The molecular formula is C27H30ClN3O5S. The molecule has 5 rings (SSSR count). The summed E-state index contributed by atoms with van der Waals surface area (Å²) in [7, 11) is 0. The van der Waals surface area contributed by atoms with Gasteiger partial charge in [-0.15, -0.1) is 11.8 Å². The fourth-order valence-electron chi connectivity index (χ4n) is 6.26. The van der Waals surface area contributed by atoms with Gasteiger partial charge in [0.15, 0.2) is 0 Å². The zero-order valence-corrected chi connectivity index (χ0v) is 22.2. The number of fused-ring (bicyclic) bond motifs is 1. The van der Waals surface area contributed by atoms with E-state index in [1.54, 1.807) is 60.3 Å². The van der Waals surface area contributed by atoms with E-state index in [0.717, 1.165) is 6.42 Å². The second-order valence-electron chi connectivity index (χ2n) is 9.72. The maximum Gasteiger partial charge on any atom is 0.248 e. The highest BCUT2D eigenvalue weighted by atomic mass is 35.5. The number of nitrogens with zero attached hydrogens (tertiary/aromatic N) is 1. The van der Waals surface area contributed by atoms with Crippen LogP contribution in [0.2, 0.25) is 5.02 Å². The first kappa shape index (κ1) is 25.9. The Hall–Kier alpha value is -2.75. The summed E-state index contributed by atoms with van der Waals surface area (Å²) in [5.41, 5.74) is 1.08. The lowest BCUT2D eigenvalue weighted by Gasteiger charge is -2.38. The Morgan fingerprint density at radius 1 is 1.16 bits per heavy atom. The molecule has 3 aliphatic rings. The fraction of sp³-hybridized carbons (Fsp3) is 0.444. The minimum atomic E-state index is -0.832. The fourth-order valence-corrected chi connectivity index (χ4v) is 8.86. The molecule has 3 unspecified atom stereocenters. The Bertz CT molecular complexity index is 1210. The van der Waals surface area contributed by atoms with Gasteiger partial charge in [-0.1, -0.05) is 30.7 Å². The van der Waals surface area contributed by atoms with Gasteiger partial charge in [-0.3, -0.25) is 14.4 Å². The van der Waals surface area contributed by atoms with Gasteiger partial charge in [-0.05, 0) is 55.7 Å². The molecule has 3 fully saturated rings. The average molecular weight is 544 g/mol. The van der Waals surface area contributed by atoms with Crippen LogP contribution in [-0.2, 0) is 14.4 Å².